The topological polar surface area (TPSA) is 96.6 Å². The Hall–Kier alpha value is -2.95. The van der Waals surface area contributed by atoms with Crippen LogP contribution in [0.15, 0.2) is 24.3 Å². The predicted molar refractivity (Wildman–Crippen MR) is 122 cm³/mol. The van der Waals surface area contributed by atoms with Crippen molar-refractivity contribution < 1.29 is 23.9 Å². The fraction of sp³-hybridized carbons (Fsp3) is 0.400. The third kappa shape index (κ3) is 3.09. The van der Waals surface area contributed by atoms with E-state index in [1.807, 2.05) is 26.6 Å². The molecule has 0 amide bonds. The lowest BCUT2D eigenvalue weighted by Crippen LogP contribution is -2.47. The van der Waals surface area contributed by atoms with Gasteiger partial charge in [0.05, 0.1) is 18.2 Å². The summed E-state index contributed by atoms with van der Waals surface area (Å²) in [6, 6.07) is 8.91. The van der Waals surface area contributed by atoms with E-state index in [-0.39, 0.29) is 39.7 Å². The van der Waals surface area contributed by atoms with E-state index >= 15 is 0 Å². The summed E-state index contributed by atoms with van der Waals surface area (Å²) in [7, 11) is -0.750. The molecule has 0 fully saturated rings. The zero-order valence-corrected chi connectivity index (χ0v) is 20.0. The molecule has 0 aliphatic heterocycles. The molecule has 2 aromatic carbocycles. The number of fused-ring (bicyclic) bond motifs is 3. The van der Waals surface area contributed by atoms with Crippen LogP contribution in [0.5, 0.6) is 11.5 Å². The largest absolute Gasteiger partial charge is 0.507 e. The van der Waals surface area contributed by atoms with Crippen LogP contribution in [0.4, 0.5) is 0 Å². The number of nitrogens with zero attached hydrogens (tertiary/aromatic N) is 1. The number of hydrogen-bond donors (Lipinski definition) is 1. The van der Waals surface area contributed by atoms with E-state index < -0.39 is 19.7 Å². The Morgan fingerprint density at radius 2 is 1.91 bits per heavy atom. The number of hydrogen-bond acceptors (Lipinski definition) is 6. The smallest absolute Gasteiger partial charge is 0.201 e. The summed E-state index contributed by atoms with van der Waals surface area (Å²) in [5.74, 6) is -0.821. The van der Waals surface area contributed by atoms with Gasteiger partial charge in [-0.3, -0.25) is 9.59 Å². The number of rotatable bonds is 4. The Morgan fingerprint density at radius 3 is 2.50 bits per heavy atom. The van der Waals surface area contributed by atoms with Gasteiger partial charge in [-0.05, 0) is 51.0 Å². The molecular formula is C25H27NO5Si. The molecule has 2 aromatic rings. The lowest BCUT2D eigenvalue weighted by molar-refractivity contribution is 0.0352. The average molecular weight is 450 g/mol. The van der Waals surface area contributed by atoms with Crippen LogP contribution in [0, 0.1) is 17.2 Å². The zero-order chi connectivity index (χ0) is 23.4. The van der Waals surface area contributed by atoms with Crippen molar-refractivity contribution in [2.24, 2.45) is 5.92 Å². The van der Waals surface area contributed by atoms with Crippen LogP contribution in [0.3, 0.4) is 0 Å². The first-order valence-electron chi connectivity index (χ1n) is 10.9. The monoisotopic (exact) mass is 449 g/mol. The minimum Gasteiger partial charge on any atom is -0.507 e. The van der Waals surface area contributed by atoms with Crippen LogP contribution in [0.2, 0.25) is 19.6 Å². The van der Waals surface area contributed by atoms with Gasteiger partial charge >= 0.3 is 0 Å². The number of nitriles is 1. The fourth-order valence-electron chi connectivity index (χ4n) is 5.13. The highest BCUT2D eigenvalue weighted by Gasteiger charge is 2.50. The molecule has 0 heterocycles. The highest BCUT2D eigenvalue weighted by Crippen LogP contribution is 2.50. The maximum atomic E-state index is 13.5. The third-order valence-electron chi connectivity index (χ3n) is 6.44. The molecule has 0 spiro atoms. The minimum absolute atomic E-state index is 0.0134. The number of carbonyl (C=O) groups is 2. The van der Waals surface area contributed by atoms with Gasteiger partial charge in [-0.25, -0.2) is 0 Å². The maximum absolute atomic E-state index is 13.5. The van der Waals surface area contributed by atoms with Crippen LogP contribution < -0.4 is 4.74 Å². The first-order chi connectivity index (χ1) is 15.1. The van der Waals surface area contributed by atoms with Gasteiger partial charge in [0, 0.05) is 28.2 Å². The normalized spacial score (nSPS) is 21.9. The Morgan fingerprint density at radius 1 is 1.19 bits per heavy atom. The highest BCUT2D eigenvalue weighted by molar-refractivity contribution is 6.69. The Labute approximate surface area is 188 Å². The molecule has 2 aliphatic carbocycles. The average Bonchev–Trinajstić information content (AvgIpc) is 2.76. The summed E-state index contributed by atoms with van der Waals surface area (Å²) < 4.78 is 11.8. The molecule has 0 saturated carbocycles. The molecule has 4 rings (SSSR count). The number of ether oxygens (including phenoxy) is 1. The molecular weight excluding hydrogens is 422 g/mol. The Bertz CT molecular complexity index is 1190. The summed E-state index contributed by atoms with van der Waals surface area (Å²) in [6.45, 7) is 8.07. The number of carbonyl (C=O) groups excluding carboxylic acids is 2. The Kier molecular flexibility index (Phi) is 5.27. The molecule has 1 N–H and O–H groups in total. The van der Waals surface area contributed by atoms with Gasteiger partial charge < -0.3 is 14.3 Å². The van der Waals surface area contributed by atoms with Gasteiger partial charge in [-0.15, -0.1) is 0 Å². The van der Waals surface area contributed by atoms with E-state index in [0.717, 1.165) is 6.42 Å². The second-order valence-corrected chi connectivity index (χ2v) is 13.8. The van der Waals surface area contributed by atoms with E-state index in [4.69, 9.17) is 9.16 Å². The van der Waals surface area contributed by atoms with Gasteiger partial charge in [0.1, 0.15) is 17.6 Å². The van der Waals surface area contributed by atoms with Crippen LogP contribution in [-0.2, 0) is 16.4 Å². The number of phenols is 1. The lowest BCUT2D eigenvalue weighted by atomic mass is 9.68. The summed E-state index contributed by atoms with van der Waals surface area (Å²) in [6.07, 6.45) is 1.88. The molecule has 6 nitrogen and oxygen atoms in total. The van der Waals surface area contributed by atoms with Crippen molar-refractivity contribution in [2.45, 2.75) is 51.4 Å². The predicted octanol–water partition coefficient (Wildman–Crippen LogP) is 4.72. The molecule has 0 aromatic heterocycles. The van der Waals surface area contributed by atoms with Crippen LogP contribution >= 0.6 is 0 Å². The number of aromatic hydroxyl groups is 1. The first kappa shape index (κ1) is 22.2. The standard InChI is InChI=1S/C25H27NO5Si/c1-6-14-10-11-15-18(25(14,13-26)31-32(3,4)5)12-17-21(23(15)28)24(29)20-16(22(17)27)8-7-9-19(20)30-2/h7-9,12,14,28H,6,10-11H2,1-5H3/t14-,25?/m0/s1. The van der Waals surface area contributed by atoms with E-state index in [2.05, 4.69) is 6.07 Å². The van der Waals surface area contributed by atoms with Crippen molar-refractivity contribution in [3.63, 3.8) is 0 Å². The van der Waals surface area contributed by atoms with Gasteiger partial charge in [0.25, 0.3) is 0 Å². The quantitative estimate of drug-likeness (QED) is 0.579. The molecule has 2 aliphatic rings. The molecule has 0 saturated heterocycles. The maximum Gasteiger partial charge on any atom is 0.201 e. The van der Waals surface area contributed by atoms with Gasteiger partial charge in [-0.1, -0.05) is 19.1 Å². The molecule has 7 heteroatoms. The molecule has 0 bridgehead atoms. The summed E-state index contributed by atoms with van der Waals surface area (Å²) >= 11 is 0. The van der Waals surface area contributed by atoms with E-state index in [1.54, 1.807) is 24.3 Å². The van der Waals surface area contributed by atoms with Crippen molar-refractivity contribution in [1.82, 2.24) is 0 Å². The third-order valence-corrected chi connectivity index (χ3v) is 7.37. The SMILES string of the molecule is CC[C@H]1CCc2c(cc3c(c2O)C(=O)c2c(OC)cccc2C3=O)C1(C#N)O[Si](C)(C)C. The van der Waals surface area contributed by atoms with Crippen LogP contribution in [0.25, 0.3) is 0 Å². The second kappa shape index (κ2) is 7.57. The number of ketones is 2. The lowest BCUT2D eigenvalue weighted by Gasteiger charge is -2.44. The number of benzene rings is 2. The molecule has 0 radical (unpaired) electrons. The van der Waals surface area contributed by atoms with Gasteiger partial charge in [-0.2, -0.15) is 5.26 Å². The Balaban J connectivity index is 2.02. The molecule has 166 valence electrons. The molecule has 2 atom stereocenters. The van der Waals surface area contributed by atoms with Crippen LogP contribution in [-0.4, -0.2) is 32.1 Å². The first-order valence-corrected chi connectivity index (χ1v) is 14.3. The minimum atomic E-state index is -2.19. The van der Waals surface area contributed by atoms with Gasteiger partial charge in [0.2, 0.25) is 5.78 Å². The van der Waals surface area contributed by atoms with Gasteiger partial charge in [0.15, 0.2) is 19.7 Å². The van der Waals surface area contributed by atoms with Crippen LogP contribution in [0.1, 0.15) is 62.7 Å². The van der Waals surface area contributed by atoms with E-state index in [0.29, 0.717) is 29.7 Å². The van der Waals surface area contributed by atoms with E-state index in [1.165, 1.54) is 7.11 Å². The van der Waals surface area contributed by atoms with Crippen molar-refractivity contribution in [2.75, 3.05) is 7.11 Å². The highest BCUT2D eigenvalue weighted by atomic mass is 28.4. The fourth-order valence-corrected chi connectivity index (χ4v) is 6.41. The summed E-state index contributed by atoms with van der Waals surface area (Å²) in [5.41, 5.74) is 0.268. The number of methoxy groups -OCH3 is 1. The molecule has 1 unspecified atom stereocenters. The summed E-state index contributed by atoms with van der Waals surface area (Å²) in [4.78, 5) is 26.9. The van der Waals surface area contributed by atoms with Crippen molar-refractivity contribution in [1.29, 1.82) is 5.26 Å². The van der Waals surface area contributed by atoms with Crippen molar-refractivity contribution >= 4 is 19.9 Å². The van der Waals surface area contributed by atoms with Crippen molar-refractivity contribution in [3.8, 4) is 17.6 Å². The molecule has 32 heavy (non-hydrogen) atoms. The second-order valence-electron chi connectivity index (χ2n) is 9.42. The number of phenolic OH excluding ortho intramolecular Hbond substituents is 1. The van der Waals surface area contributed by atoms with E-state index in [9.17, 15) is 20.0 Å². The summed E-state index contributed by atoms with van der Waals surface area (Å²) in [5, 5.41) is 21.7. The van der Waals surface area contributed by atoms with Crippen molar-refractivity contribution in [3.05, 3.63) is 57.6 Å². The zero-order valence-electron chi connectivity index (χ0n) is 19.0.